The van der Waals surface area contributed by atoms with Gasteiger partial charge in [0, 0.05) is 18.0 Å². The van der Waals surface area contributed by atoms with E-state index in [2.05, 4.69) is 13.8 Å². The summed E-state index contributed by atoms with van der Waals surface area (Å²) < 4.78 is 19.2. The fourth-order valence-electron chi connectivity index (χ4n) is 3.22. The Morgan fingerprint density at radius 2 is 1.75 bits per heavy atom. The topological polar surface area (TPSA) is 49.7 Å². The lowest BCUT2D eigenvalue weighted by molar-refractivity contribution is 0.220. The summed E-state index contributed by atoms with van der Waals surface area (Å²) in [7, 11) is 1.64. The number of unbranched alkanes of at least 4 members (excludes halogenated alkanes) is 4. The molecule has 0 unspecified atom stereocenters. The zero-order valence-corrected chi connectivity index (χ0v) is 18.0. The van der Waals surface area contributed by atoms with Crippen molar-refractivity contribution in [2.75, 3.05) is 13.7 Å². The van der Waals surface area contributed by atoms with Crippen LogP contribution in [-0.4, -0.2) is 24.4 Å². The summed E-state index contributed by atoms with van der Waals surface area (Å²) >= 11 is 0. The lowest BCUT2D eigenvalue weighted by atomic mass is 10.1. The van der Waals surface area contributed by atoms with Gasteiger partial charge in [-0.25, -0.2) is 0 Å². The van der Waals surface area contributed by atoms with Crippen LogP contribution in [0.1, 0.15) is 66.2 Å². The van der Waals surface area contributed by atoms with Gasteiger partial charge >= 0.3 is 0 Å². The maximum Gasteiger partial charge on any atom is 0.297 e. The van der Waals surface area contributed by atoms with Crippen LogP contribution >= 0.6 is 0 Å². The third-order valence-electron chi connectivity index (χ3n) is 4.72. The molecule has 0 spiro atoms. The number of hydrogen-bond donors (Lipinski definition) is 0. The van der Waals surface area contributed by atoms with Gasteiger partial charge in [-0.3, -0.25) is 4.79 Å². The van der Waals surface area contributed by atoms with Crippen molar-refractivity contribution in [1.29, 1.82) is 0 Å². The lowest BCUT2D eigenvalue weighted by Gasteiger charge is -2.20. The second kappa shape index (κ2) is 11.0. The zero-order chi connectivity index (χ0) is 20.5. The molecule has 0 radical (unpaired) electrons. The van der Waals surface area contributed by atoms with Crippen molar-refractivity contribution in [2.45, 2.75) is 78.9 Å². The summed E-state index contributed by atoms with van der Waals surface area (Å²) in [5.74, 6) is 1.60. The van der Waals surface area contributed by atoms with Gasteiger partial charge in [0.15, 0.2) is 5.75 Å². The van der Waals surface area contributed by atoms with Crippen LogP contribution in [0.15, 0.2) is 23.0 Å². The van der Waals surface area contributed by atoms with Gasteiger partial charge < -0.3 is 18.8 Å². The molecule has 2 rings (SSSR count). The van der Waals surface area contributed by atoms with Gasteiger partial charge in [-0.1, -0.05) is 39.5 Å². The van der Waals surface area contributed by atoms with E-state index >= 15 is 0 Å². The number of aryl methyl sites for hydroxylation is 1. The van der Waals surface area contributed by atoms with Gasteiger partial charge in [0.1, 0.15) is 5.75 Å². The van der Waals surface area contributed by atoms with Crippen molar-refractivity contribution in [3.8, 4) is 17.2 Å². The van der Waals surface area contributed by atoms with Crippen molar-refractivity contribution in [2.24, 2.45) is 0 Å². The number of aromatic nitrogens is 1. The first-order valence-corrected chi connectivity index (χ1v) is 10.6. The molecule has 0 aliphatic rings. The van der Waals surface area contributed by atoms with Gasteiger partial charge in [0.2, 0.25) is 5.75 Å². The van der Waals surface area contributed by atoms with Crippen LogP contribution < -0.4 is 19.8 Å². The van der Waals surface area contributed by atoms with Crippen LogP contribution in [0.25, 0.3) is 10.9 Å². The number of methoxy groups -OCH3 is 1. The number of ether oxygens (including phenoxy) is 3. The first-order chi connectivity index (χ1) is 13.5. The summed E-state index contributed by atoms with van der Waals surface area (Å²) in [6.07, 6.45) is 6.25. The predicted octanol–water partition coefficient (Wildman–Crippen LogP) is 5.56. The summed E-state index contributed by atoms with van der Waals surface area (Å²) in [6.45, 7) is 9.38. The van der Waals surface area contributed by atoms with Crippen LogP contribution in [0, 0.1) is 0 Å². The van der Waals surface area contributed by atoms with E-state index in [4.69, 9.17) is 14.2 Å². The fourth-order valence-corrected chi connectivity index (χ4v) is 3.22. The molecular weight excluding hydrogens is 354 g/mol. The van der Waals surface area contributed by atoms with Crippen molar-refractivity contribution in [3.63, 3.8) is 0 Å². The molecule has 0 aliphatic heterocycles. The number of nitrogens with zero attached hydrogens (tertiary/aromatic N) is 1. The second-order valence-corrected chi connectivity index (χ2v) is 7.43. The monoisotopic (exact) mass is 389 g/mol. The highest BCUT2D eigenvalue weighted by Crippen LogP contribution is 2.35. The lowest BCUT2D eigenvalue weighted by Crippen LogP contribution is -2.25. The van der Waals surface area contributed by atoms with E-state index in [-0.39, 0.29) is 11.7 Å². The first kappa shape index (κ1) is 22.1. The molecule has 0 amide bonds. The maximum absolute atomic E-state index is 13.4. The number of hydrogen-bond acceptors (Lipinski definition) is 4. The van der Waals surface area contributed by atoms with Crippen molar-refractivity contribution in [1.82, 2.24) is 4.57 Å². The van der Waals surface area contributed by atoms with E-state index in [1.54, 1.807) is 7.11 Å². The van der Waals surface area contributed by atoms with Gasteiger partial charge in [-0.15, -0.1) is 0 Å². The number of rotatable bonds is 12. The van der Waals surface area contributed by atoms with Crippen LogP contribution in [0.4, 0.5) is 0 Å². The quantitative estimate of drug-likeness (QED) is 0.446. The van der Waals surface area contributed by atoms with E-state index in [9.17, 15) is 4.79 Å². The molecule has 0 saturated heterocycles. The molecule has 5 heteroatoms. The smallest absolute Gasteiger partial charge is 0.297 e. The molecule has 1 heterocycles. The number of pyridine rings is 1. The maximum atomic E-state index is 13.4. The highest BCUT2D eigenvalue weighted by Gasteiger charge is 2.21. The molecule has 0 aliphatic carbocycles. The minimum Gasteiger partial charge on any atom is -0.497 e. The number of benzene rings is 1. The van der Waals surface area contributed by atoms with Crippen molar-refractivity contribution in [3.05, 3.63) is 28.6 Å². The average molecular weight is 390 g/mol. The summed E-state index contributed by atoms with van der Waals surface area (Å²) in [4.78, 5) is 13.4. The molecule has 2 aromatic rings. The molecule has 0 atom stereocenters. The Bertz CT molecular complexity index is 810. The molecular formula is C23H35NO4. The predicted molar refractivity (Wildman–Crippen MR) is 115 cm³/mol. The van der Waals surface area contributed by atoms with Gasteiger partial charge in [0.25, 0.3) is 5.56 Å². The molecule has 1 aromatic heterocycles. The molecule has 0 N–H and O–H groups in total. The normalized spacial score (nSPS) is 11.2. The first-order valence-electron chi connectivity index (χ1n) is 10.6. The Hall–Kier alpha value is -2.17. The van der Waals surface area contributed by atoms with E-state index in [0.29, 0.717) is 24.7 Å². The van der Waals surface area contributed by atoms with Crippen molar-refractivity contribution >= 4 is 10.9 Å². The Morgan fingerprint density at radius 1 is 1.00 bits per heavy atom. The van der Waals surface area contributed by atoms with E-state index in [1.807, 2.05) is 36.6 Å². The Balaban J connectivity index is 2.61. The minimum atomic E-state index is -0.121. The van der Waals surface area contributed by atoms with E-state index < -0.39 is 0 Å². The minimum absolute atomic E-state index is 0.0568. The standard InChI is InChI=1S/C23H35NO4/c1-6-8-10-11-14-24-20-16-18(26-5)12-13-19(20)21(28-17(3)4)22(23(24)25)27-15-9-7-2/h12-13,16-17H,6-11,14-15H2,1-5H3. The molecule has 5 nitrogen and oxygen atoms in total. The Labute approximate surface area is 168 Å². The van der Waals surface area contributed by atoms with Gasteiger partial charge in [0.05, 0.1) is 25.3 Å². The molecule has 1 aromatic carbocycles. The Kier molecular flexibility index (Phi) is 8.68. The van der Waals surface area contributed by atoms with E-state index in [0.717, 1.165) is 48.8 Å². The summed E-state index contributed by atoms with van der Waals surface area (Å²) in [5.41, 5.74) is 0.711. The van der Waals surface area contributed by atoms with Gasteiger partial charge in [-0.2, -0.15) is 0 Å². The average Bonchev–Trinajstić information content (AvgIpc) is 2.68. The third-order valence-corrected chi connectivity index (χ3v) is 4.72. The second-order valence-electron chi connectivity index (χ2n) is 7.43. The molecule has 28 heavy (non-hydrogen) atoms. The highest BCUT2D eigenvalue weighted by atomic mass is 16.5. The SMILES string of the molecule is CCCCCCn1c(=O)c(OCCCC)c(OC(C)C)c2ccc(OC)cc21. The largest absolute Gasteiger partial charge is 0.497 e. The highest BCUT2D eigenvalue weighted by molar-refractivity contribution is 5.89. The number of fused-ring (bicyclic) bond motifs is 1. The third kappa shape index (κ3) is 5.43. The summed E-state index contributed by atoms with van der Waals surface area (Å²) in [6, 6.07) is 5.78. The fraction of sp³-hybridized carbons (Fsp3) is 0.609. The van der Waals surface area contributed by atoms with Crippen molar-refractivity contribution < 1.29 is 14.2 Å². The molecule has 0 fully saturated rings. The Morgan fingerprint density at radius 3 is 2.39 bits per heavy atom. The van der Waals surface area contributed by atoms with Crippen LogP contribution in [0.2, 0.25) is 0 Å². The van der Waals surface area contributed by atoms with Crippen LogP contribution in [0.5, 0.6) is 17.2 Å². The zero-order valence-electron chi connectivity index (χ0n) is 18.0. The molecule has 0 saturated carbocycles. The van der Waals surface area contributed by atoms with Crippen LogP contribution in [0.3, 0.4) is 0 Å². The summed E-state index contributed by atoms with van der Waals surface area (Å²) in [5, 5.41) is 0.885. The molecule has 156 valence electrons. The molecule has 0 bridgehead atoms. The van der Waals surface area contributed by atoms with E-state index in [1.165, 1.54) is 6.42 Å². The van der Waals surface area contributed by atoms with Crippen LogP contribution in [-0.2, 0) is 6.54 Å². The van der Waals surface area contributed by atoms with Gasteiger partial charge in [-0.05, 0) is 38.8 Å².